The molecule has 1 N–H and O–H groups in total. The van der Waals surface area contributed by atoms with Crippen LogP contribution in [0.5, 0.6) is 0 Å². The highest BCUT2D eigenvalue weighted by Gasteiger charge is 2.27. The van der Waals surface area contributed by atoms with Gasteiger partial charge >= 0.3 is 0 Å². The van der Waals surface area contributed by atoms with Crippen LogP contribution >= 0.6 is 0 Å². The molecule has 2 aliphatic rings. The molecule has 0 bridgehead atoms. The van der Waals surface area contributed by atoms with Crippen molar-refractivity contribution in [1.29, 1.82) is 0 Å². The Balaban J connectivity index is 1.47. The molecule has 3 heterocycles. The van der Waals surface area contributed by atoms with Crippen molar-refractivity contribution in [3.8, 4) is 0 Å². The molecule has 1 aromatic rings. The van der Waals surface area contributed by atoms with Gasteiger partial charge in [0.1, 0.15) is 0 Å². The van der Waals surface area contributed by atoms with Crippen LogP contribution in [0.1, 0.15) is 5.56 Å². The largest absolute Gasteiger partial charge is 0.314 e. The lowest BCUT2D eigenvalue weighted by Gasteiger charge is -2.43. The lowest BCUT2D eigenvalue weighted by molar-refractivity contribution is 0.0695. The van der Waals surface area contributed by atoms with Gasteiger partial charge in [0, 0.05) is 70.7 Å². The summed E-state index contributed by atoms with van der Waals surface area (Å²) < 4.78 is 1.88. The van der Waals surface area contributed by atoms with E-state index in [9.17, 15) is 0 Å². The number of aromatic nitrogens is 2. The number of hydrogen-bond acceptors (Lipinski definition) is 4. The van der Waals surface area contributed by atoms with E-state index in [-0.39, 0.29) is 0 Å². The molecule has 2 fully saturated rings. The van der Waals surface area contributed by atoms with Crippen LogP contribution in [0.4, 0.5) is 0 Å². The third kappa shape index (κ3) is 2.51. The molecule has 0 aliphatic carbocycles. The summed E-state index contributed by atoms with van der Waals surface area (Å²) in [6.07, 6.45) is 4.09. The van der Waals surface area contributed by atoms with Crippen molar-refractivity contribution in [3.63, 3.8) is 0 Å². The fraction of sp³-hybridized carbons (Fsp3) is 0.750. The van der Waals surface area contributed by atoms with Crippen LogP contribution in [0.15, 0.2) is 12.4 Å². The van der Waals surface area contributed by atoms with Gasteiger partial charge in [-0.25, -0.2) is 0 Å². The Bertz CT molecular complexity index is 363. The maximum absolute atomic E-state index is 4.22. The zero-order chi connectivity index (χ0) is 11.7. The van der Waals surface area contributed by atoms with Gasteiger partial charge in [-0.1, -0.05) is 0 Å². The van der Waals surface area contributed by atoms with Crippen LogP contribution in [0, 0.1) is 0 Å². The van der Waals surface area contributed by atoms with E-state index < -0.39 is 0 Å². The second-order valence-corrected chi connectivity index (χ2v) is 5.15. The summed E-state index contributed by atoms with van der Waals surface area (Å²) in [6, 6.07) is 0.801. The van der Waals surface area contributed by atoms with E-state index in [1.807, 2.05) is 17.9 Å². The number of nitrogens with one attached hydrogen (secondary N) is 1. The first-order valence-electron chi connectivity index (χ1n) is 6.46. The zero-order valence-electron chi connectivity index (χ0n) is 10.5. The van der Waals surface area contributed by atoms with E-state index in [1.54, 1.807) is 0 Å². The third-order valence-electron chi connectivity index (χ3n) is 3.85. The number of piperazine rings is 1. The van der Waals surface area contributed by atoms with Crippen molar-refractivity contribution >= 4 is 0 Å². The van der Waals surface area contributed by atoms with Gasteiger partial charge in [0.05, 0.1) is 6.20 Å². The molecule has 2 saturated heterocycles. The minimum atomic E-state index is 0.801. The Morgan fingerprint density at radius 2 is 2.06 bits per heavy atom. The number of aryl methyl sites for hydroxylation is 1. The highest BCUT2D eigenvalue weighted by Crippen LogP contribution is 2.11. The first-order valence-corrected chi connectivity index (χ1v) is 6.46. The van der Waals surface area contributed by atoms with Crippen molar-refractivity contribution in [2.45, 2.75) is 12.6 Å². The molecule has 1 aromatic heterocycles. The van der Waals surface area contributed by atoms with Crippen molar-refractivity contribution in [2.75, 3.05) is 39.3 Å². The van der Waals surface area contributed by atoms with Gasteiger partial charge in [-0.3, -0.25) is 14.5 Å². The lowest BCUT2D eigenvalue weighted by atomic mass is 10.1. The standard InChI is InChI=1S/C12H21N5/c1-15-9-11(6-14-15)10-16-2-4-17(5-3-16)12-7-13-8-12/h6,9,12-13H,2-5,7-8,10H2,1H3. The molecule has 0 amide bonds. The highest BCUT2D eigenvalue weighted by atomic mass is 15.3. The van der Waals surface area contributed by atoms with Gasteiger partial charge in [-0.15, -0.1) is 0 Å². The third-order valence-corrected chi connectivity index (χ3v) is 3.85. The van der Waals surface area contributed by atoms with Crippen LogP contribution in [-0.4, -0.2) is 64.9 Å². The quantitative estimate of drug-likeness (QED) is 0.767. The molecular formula is C12H21N5. The summed E-state index contributed by atoms with van der Waals surface area (Å²) in [7, 11) is 1.98. The maximum Gasteiger partial charge on any atom is 0.0534 e. The molecule has 2 aliphatic heterocycles. The van der Waals surface area contributed by atoms with E-state index >= 15 is 0 Å². The average Bonchev–Trinajstić information content (AvgIpc) is 2.64. The van der Waals surface area contributed by atoms with Gasteiger partial charge in [-0.2, -0.15) is 5.10 Å². The van der Waals surface area contributed by atoms with Crippen molar-refractivity contribution in [2.24, 2.45) is 7.05 Å². The first kappa shape index (κ1) is 11.2. The minimum Gasteiger partial charge on any atom is -0.314 e. The zero-order valence-corrected chi connectivity index (χ0v) is 10.5. The van der Waals surface area contributed by atoms with Crippen LogP contribution in [0.2, 0.25) is 0 Å². The molecule has 94 valence electrons. The van der Waals surface area contributed by atoms with Gasteiger partial charge in [0.2, 0.25) is 0 Å². The van der Waals surface area contributed by atoms with E-state index in [0.29, 0.717) is 0 Å². The summed E-state index contributed by atoms with van der Waals surface area (Å²) >= 11 is 0. The topological polar surface area (TPSA) is 36.3 Å². The van der Waals surface area contributed by atoms with Gasteiger partial charge < -0.3 is 5.32 Å². The second-order valence-electron chi connectivity index (χ2n) is 5.15. The first-order chi connectivity index (χ1) is 8.31. The molecule has 0 spiro atoms. The molecule has 3 rings (SSSR count). The minimum absolute atomic E-state index is 0.801. The van der Waals surface area contributed by atoms with Crippen molar-refractivity contribution in [1.82, 2.24) is 24.9 Å². The number of rotatable bonds is 3. The lowest BCUT2D eigenvalue weighted by Crippen LogP contribution is -2.61. The fourth-order valence-corrected chi connectivity index (χ4v) is 2.63. The van der Waals surface area contributed by atoms with Crippen LogP contribution in [0.3, 0.4) is 0 Å². The summed E-state index contributed by atoms with van der Waals surface area (Å²) in [5, 5.41) is 7.57. The van der Waals surface area contributed by atoms with Gasteiger partial charge in [0.25, 0.3) is 0 Å². The normalized spacial score (nSPS) is 23.8. The van der Waals surface area contributed by atoms with Crippen molar-refractivity contribution < 1.29 is 0 Å². The summed E-state index contributed by atoms with van der Waals surface area (Å²) in [5.41, 5.74) is 1.33. The Hall–Kier alpha value is -0.910. The molecule has 0 unspecified atom stereocenters. The van der Waals surface area contributed by atoms with E-state index in [0.717, 1.165) is 12.6 Å². The second kappa shape index (κ2) is 4.76. The van der Waals surface area contributed by atoms with Crippen molar-refractivity contribution in [3.05, 3.63) is 18.0 Å². The molecular weight excluding hydrogens is 214 g/mol. The summed E-state index contributed by atoms with van der Waals surface area (Å²) in [6.45, 7) is 8.21. The molecule has 0 aromatic carbocycles. The van der Waals surface area contributed by atoms with Gasteiger partial charge in [-0.05, 0) is 0 Å². The smallest absolute Gasteiger partial charge is 0.0534 e. The SMILES string of the molecule is Cn1cc(CN2CCN(C3CNC3)CC2)cn1. The van der Waals surface area contributed by atoms with Crippen LogP contribution in [-0.2, 0) is 13.6 Å². The fourth-order valence-electron chi connectivity index (χ4n) is 2.63. The van der Waals surface area contributed by atoms with Gasteiger partial charge in [0.15, 0.2) is 0 Å². The number of nitrogens with zero attached hydrogens (tertiary/aromatic N) is 4. The molecule has 0 radical (unpaired) electrons. The molecule has 0 atom stereocenters. The number of hydrogen-bond donors (Lipinski definition) is 1. The Morgan fingerprint density at radius 1 is 1.29 bits per heavy atom. The van der Waals surface area contributed by atoms with Crippen LogP contribution < -0.4 is 5.32 Å². The Morgan fingerprint density at radius 3 is 2.59 bits per heavy atom. The Kier molecular flexibility index (Phi) is 3.13. The predicted molar refractivity (Wildman–Crippen MR) is 66.7 cm³/mol. The van der Waals surface area contributed by atoms with E-state index in [4.69, 9.17) is 0 Å². The predicted octanol–water partition coefficient (Wildman–Crippen LogP) is -0.490. The average molecular weight is 235 g/mol. The summed E-state index contributed by atoms with van der Waals surface area (Å²) in [5.74, 6) is 0. The van der Waals surface area contributed by atoms with E-state index in [1.165, 1.54) is 44.8 Å². The monoisotopic (exact) mass is 235 g/mol. The molecule has 0 saturated carbocycles. The highest BCUT2D eigenvalue weighted by molar-refractivity contribution is 5.03. The Labute approximate surface area is 102 Å². The summed E-state index contributed by atoms with van der Waals surface area (Å²) in [4.78, 5) is 5.15. The molecule has 5 heteroatoms. The molecule has 17 heavy (non-hydrogen) atoms. The maximum atomic E-state index is 4.22. The molecule has 5 nitrogen and oxygen atoms in total. The van der Waals surface area contributed by atoms with Crippen LogP contribution in [0.25, 0.3) is 0 Å². The van der Waals surface area contributed by atoms with E-state index in [2.05, 4.69) is 26.4 Å².